The summed E-state index contributed by atoms with van der Waals surface area (Å²) in [6.07, 6.45) is 2.86. The molecule has 0 bridgehead atoms. The van der Waals surface area contributed by atoms with Crippen LogP contribution in [0.3, 0.4) is 0 Å². The van der Waals surface area contributed by atoms with Crippen molar-refractivity contribution in [3.05, 3.63) is 46.0 Å². The van der Waals surface area contributed by atoms with Crippen molar-refractivity contribution >= 4 is 28.3 Å². The predicted molar refractivity (Wildman–Crippen MR) is 105 cm³/mol. The maximum absolute atomic E-state index is 13.0. The van der Waals surface area contributed by atoms with Crippen molar-refractivity contribution in [3.8, 4) is 6.07 Å². The van der Waals surface area contributed by atoms with Gasteiger partial charge in [0.05, 0.1) is 23.9 Å². The van der Waals surface area contributed by atoms with Crippen LogP contribution in [0.25, 0.3) is 0 Å². The number of hydrogen-bond acceptors (Lipinski definition) is 6. The summed E-state index contributed by atoms with van der Waals surface area (Å²) in [4.78, 5) is 31.6. The van der Waals surface area contributed by atoms with E-state index in [0.717, 1.165) is 19.3 Å². The van der Waals surface area contributed by atoms with E-state index >= 15 is 0 Å². The Balaban J connectivity index is 2.33. The third kappa shape index (κ3) is 5.14. The molecule has 0 aliphatic rings. The minimum absolute atomic E-state index is 0.195. The van der Waals surface area contributed by atoms with Crippen LogP contribution in [0, 0.1) is 18.3 Å². The van der Waals surface area contributed by atoms with Gasteiger partial charge in [-0.05, 0) is 44.5 Å². The van der Waals surface area contributed by atoms with Crippen LogP contribution in [0.5, 0.6) is 0 Å². The van der Waals surface area contributed by atoms with E-state index in [4.69, 9.17) is 10.00 Å². The molecule has 0 N–H and O–H groups in total. The number of anilines is 1. The number of carbonyl (C=O) groups excluding carboxylic acids is 2. The average molecular weight is 385 g/mol. The molecule has 2 rings (SSSR count). The summed E-state index contributed by atoms with van der Waals surface area (Å²) in [5, 5.41) is 9.42. The zero-order valence-corrected chi connectivity index (χ0v) is 16.6. The highest BCUT2D eigenvalue weighted by atomic mass is 32.1. The van der Waals surface area contributed by atoms with Crippen molar-refractivity contribution in [3.63, 3.8) is 0 Å². The summed E-state index contributed by atoms with van der Waals surface area (Å²) in [5.74, 6) is -0.613. The van der Waals surface area contributed by atoms with Crippen LogP contribution in [0.15, 0.2) is 24.3 Å². The third-order valence-electron chi connectivity index (χ3n) is 3.97. The molecule has 0 spiro atoms. The molecule has 27 heavy (non-hydrogen) atoms. The van der Waals surface area contributed by atoms with E-state index in [1.807, 2.05) is 6.07 Å². The molecule has 0 aliphatic carbocycles. The Morgan fingerprint density at radius 3 is 2.52 bits per heavy atom. The monoisotopic (exact) mass is 385 g/mol. The minimum Gasteiger partial charge on any atom is -0.462 e. The Hall–Kier alpha value is -2.72. The van der Waals surface area contributed by atoms with E-state index in [9.17, 15) is 9.59 Å². The fraction of sp³-hybridized carbons (Fsp3) is 0.400. The number of benzene rings is 1. The molecule has 1 amide bonds. The van der Waals surface area contributed by atoms with Crippen LogP contribution in [0.1, 0.15) is 64.4 Å². The molecular formula is C20H23N3O3S. The molecule has 0 saturated heterocycles. The number of aryl methyl sites for hydroxylation is 1. The zero-order valence-electron chi connectivity index (χ0n) is 15.8. The number of rotatable bonds is 8. The van der Waals surface area contributed by atoms with Gasteiger partial charge in [0.25, 0.3) is 5.91 Å². The second kappa shape index (κ2) is 9.83. The lowest BCUT2D eigenvalue weighted by molar-refractivity contribution is 0.0531. The van der Waals surface area contributed by atoms with Crippen LogP contribution < -0.4 is 4.90 Å². The van der Waals surface area contributed by atoms with Gasteiger partial charge in [-0.15, -0.1) is 0 Å². The number of carbonyl (C=O) groups is 2. The van der Waals surface area contributed by atoms with Gasteiger partial charge in [-0.25, -0.2) is 9.78 Å². The Bertz CT molecular complexity index is 837. The molecule has 0 fully saturated rings. The Morgan fingerprint density at radius 2 is 1.93 bits per heavy atom. The van der Waals surface area contributed by atoms with E-state index in [0.29, 0.717) is 33.4 Å². The number of amides is 1. The Labute approximate surface area is 163 Å². The normalized spacial score (nSPS) is 10.3. The van der Waals surface area contributed by atoms with Crippen LogP contribution >= 0.6 is 11.3 Å². The lowest BCUT2D eigenvalue weighted by Gasteiger charge is -2.20. The van der Waals surface area contributed by atoms with Gasteiger partial charge in [-0.3, -0.25) is 9.69 Å². The molecule has 0 radical (unpaired) electrons. The molecule has 142 valence electrons. The van der Waals surface area contributed by atoms with Crippen LogP contribution in [-0.4, -0.2) is 30.0 Å². The first-order chi connectivity index (χ1) is 13.0. The van der Waals surface area contributed by atoms with E-state index in [1.165, 1.54) is 11.3 Å². The molecule has 0 saturated carbocycles. The van der Waals surface area contributed by atoms with Crippen LogP contribution in [0.2, 0.25) is 0 Å². The van der Waals surface area contributed by atoms with E-state index < -0.39 is 5.97 Å². The van der Waals surface area contributed by atoms with Gasteiger partial charge in [-0.1, -0.05) is 31.1 Å². The van der Waals surface area contributed by atoms with E-state index in [2.05, 4.69) is 11.9 Å². The predicted octanol–water partition coefficient (Wildman–Crippen LogP) is 4.34. The number of nitriles is 1. The smallest absolute Gasteiger partial charge is 0.350 e. The van der Waals surface area contributed by atoms with Crippen molar-refractivity contribution < 1.29 is 14.3 Å². The average Bonchev–Trinajstić information content (AvgIpc) is 3.06. The summed E-state index contributed by atoms with van der Waals surface area (Å²) >= 11 is 1.17. The lowest BCUT2D eigenvalue weighted by atomic mass is 10.1. The molecular weight excluding hydrogens is 362 g/mol. The maximum Gasteiger partial charge on any atom is 0.350 e. The Morgan fingerprint density at radius 1 is 1.22 bits per heavy atom. The second-order valence-corrected chi connectivity index (χ2v) is 6.96. The summed E-state index contributed by atoms with van der Waals surface area (Å²) in [6.45, 7) is 6.39. The Kier molecular flexibility index (Phi) is 7.50. The molecule has 2 aromatic rings. The zero-order chi connectivity index (χ0) is 19.8. The standard InChI is InChI=1S/C20H23N3O3S/c1-4-6-7-12-23(18(24)16-10-8-15(13-21)9-11-16)20-22-14(3)17(27-20)19(25)26-5-2/h8-11H,4-7,12H2,1-3H3. The minimum atomic E-state index is -0.418. The van der Waals surface area contributed by atoms with Crippen molar-refractivity contribution in [1.82, 2.24) is 4.98 Å². The first-order valence-electron chi connectivity index (χ1n) is 8.98. The highest BCUT2D eigenvalue weighted by Crippen LogP contribution is 2.28. The molecule has 6 nitrogen and oxygen atoms in total. The van der Waals surface area contributed by atoms with Gasteiger partial charge in [0.1, 0.15) is 4.88 Å². The summed E-state index contributed by atoms with van der Waals surface area (Å²) in [5.41, 5.74) is 1.54. The second-order valence-electron chi connectivity index (χ2n) is 5.98. The van der Waals surface area contributed by atoms with Crippen molar-refractivity contribution in [2.24, 2.45) is 0 Å². The quantitative estimate of drug-likeness (QED) is 0.499. The number of nitrogens with zero attached hydrogens (tertiary/aromatic N) is 3. The number of aromatic nitrogens is 1. The molecule has 1 heterocycles. The van der Waals surface area contributed by atoms with Gasteiger partial charge in [-0.2, -0.15) is 5.26 Å². The molecule has 0 aliphatic heterocycles. The van der Waals surface area contributed by atoms with Crippen LogP contribution in [-0.2, 0) is 4.74 Å². The third-order valence-corrected chi connectivity index (χ3v) is 5.13. The van der Waals surface area contributed by atoms with Gasteiger partial charge in [0.2, 0.25) is 0 Å². The topological polar surface area (TPSA) is 83.3 Å². The summed E-state index contributed by atoms with van der Waals surface area (Å²) in [7, 11) is 0. The molecule has 0 atom stereocenters. The van der Waals surface area contributed by atoms with Crippen molar-refractivity contribution in [1.29, 1.82) is 5.26 Å². The highest BCUT2D eigenvalue weighted by Gasteiger charge is 2.24. The largest absolute Gasteiger partial charge is 0.462 e. The molecule has 7 heteroatoms. The SMILES string of the molecule is CCCCCN(C(=O)c1ccc(C#N)cc1)c1nc(C)c(C(=O)OCC)s1. The fourth-order valence-corrected chi connectivity index (χ4v) is 3.52. The lowest BCUT2D eigenvalue weighted by Crippen LogP contribution is -2.31. The van der Waals surface area contributed by atoms with Crippen molar-refractivity contribution in [2.45, 2.75) is 40.0 Å². The molecule has 1 aromatic carbocycles. The van der Waals surface area contributed by atoms with E-state index in [1.54, 1.807) is 43.0 Å². The fourth-order valence-electron chi connectivity index (χ4n) is 2.53. The number of ether oxygens (including phenoxy) is 1. The molecule has 0 unspecified atom stereocenters. The first kappa shape index (κ1) is 20.6. The summed E-state index contributed by atoms with van der Waals surface area (Å²) < 4.78 is 5.07. The maximum atomic E-state index is 13.0. The van der Waals surface area contributed by atoms with Gasteiger partial charge in [0.15, 0.2) is 5.13 Å². The van der Waals surface area contributed by atoms with Crippen LogP contribution in [0.4, 0.5) is 5.13 Å². The molecule has 1 aromatic heterocycles. The van der Waals surface area contributed by atoms with Gasteiger partial charge >= 0.3 is 5.97 Å². The number of hydrogen-bond donors (Lipinski definition) is 0. The number of thiazole rings is 1. The number of unbranched alkanes of at least 4 members (excludes halogenated alkanes) is 2. The first-order valence-corrected chi connectivity index (χ1v) is 9.80. The van der Waals surface area contributed by atoms with Crippen molar-refractivity contribution in [2.75, 3.05) is 18.1 Å². The van der Waals surface area contributed by atoms with E-state index in [-0.39, 0.29) is 12.5 Å². The highest BCUT2D eigenvalue weighted by molar-refractivity contribution is 7.17. The number of esters is 1. The summed E-state index contributed by atoms with van der Waals surface area (Å²) in [6, 6.07) is 8.56. The van der Waals surface area contributed by atoms with Gasteiger partial charge in [0, 0.05) is 12.1 Å². The van der Waals surface area contributed by atoms with Gasteiger partial charge < -0.3 is 4.74 Å².